The van der Waals surface area contributed by atoms with Gasteiger partial charge in [0.15, 0.2) is 0 Å². The van der Waals surface area contributed by atoms with E-state index in [1.165, 1.54) is 19.3 Å². The monoisotopic (exact) mass is 290 g/mol. The molecule has 1 aromatic rings. The largest absolute Gasteiger partial charge is 0.377 e. The average molecular weight is 290 g/mol. The molecule has 21 heavy (non-hydrogen) atoms. The maximum Gasteiger partial charge on any atom is 0.0736 e. The van der Waals surface area contributed by atoms with Crippen molar-refractivity contribution in [2.24, 2.45) is 5.92 Å². The van der Waals surface area contributed by atoms with Crippen molar-refractivity contribution in [1.82, 2.24) is 9.88 Å². The normalized spacial score (nSPS) is 25.5. The summed E-state index contributed by atoms with van der Waals surface area (Å²) in [5, 5.41) is 0. The Hall–Kier alpha value is -0.970. The van der Waals surface area contributed by atoms with Crippen LogP contribution in [0.4, 0.5) is 0 Å². The lowest BCUT2D eigenvalue weighted by Crippen LogP contribution is -2.46. The molecule has 1 spiro atoms. The van der Waals surface area contributed by atoms with Crippen molar-refractivity contribution in [2.45, 2.75) is 37.9 Å². The molecule has 2 saturated heterocycles. The topological polar surface area (TPSA) is 34.6 Å². The minimum absolute atomic E-state index is 0.143. The first kappa shape index (κ1) is 14.9. The Morgan fingerprint density at radius 2 is 2.29 bits per heavy atom. The van der Waals surface area contributed by atoms with Crippen molar-refractivity contribution < 1.29 is 9.47 Å². The van der Waals surface area contributed by atoms with Crippen LogP contribution in [0.5, 0.6) is 0 Å². The number of hydrogen-bond donors (Lipinski definition) is 0. The third-order valence-corrected chi connectivity index (χ3v) is 5.04. The molecule has 116 valence electrons. The van der Waals surface area contributed by atoms with Crippen molar-refractivity contribution >= 4 is 0 Å². The fourth-order valence-electron chi connectivity index (χ4n) is 3.64. The molecule has 0 amide bonds. The van der Waals surface area contributed by atoms with E-state index in [4.69, 9.17) is 9.47 Å². The number of ether oxygens (including phenoxy) is 2. The summed E-state index contributed by atoms with van der Waals surface area (Å²) in [6.07, 6.45) is 8.33. The van der Waals surface area contributed by atoms with Crippen LogP contribution in [0.25, 0.3) is 0 Å². The average Bonchev–Trinajstić information content (AvgIpc) is 2.91. The number of likely N-dealkylation sites (tertiary alicyclic amines) is 1. The molecule has 4 nitrogen and oxygen atoms in total. The summed E-state index contributed by atoms with van der Waals surface area (Å²) in [6, 6.07) is 4.02. The standard InChI is InChI=1S/C17H26N2O2/c1-19-9-6-17(7-10-19)16(5-12-21-17)4-11-20-14-15-3-2-8-18-13-15/h2-3,8,13,16H,4-7,9-12,14H2,1H3. The van der Waals surface area contributed by atoms with Gasteiger partial charge in [0, 0.05) is 38.7 Å². The number of aromatic nitrogens is 1. The lowest BCUT2D eigenvalue weighted by atomic mass is 9.78. The molecular weight excluding hydrogens is 264 g/mol. The number of hydrogen-bond acceptors (Lipinski definition) is 4. The van der Waals surface area contributed by atoms with Gasteiger partial charge in [-0.1, -0.05) is 6.07 Å². The molecule has 0 radical (unpaired) electrons. The molecule has 4 heteroatoms. The predicted octanol–water partition coefficient (Wildman–Crippen LogP) is 2.49. The van der Waals surface area contributed by atoms with Crippen molar-refractivity contribution in [3.63, 3.8) is 0 Å². The Kier molecular flexibility index (Phi) is 4.88. The Balaban J connectivity index is 1.44. The first-order chi connectivity index (χ1) is 10.3. The molecule has 0 bridgehead atoms. The Morgan fingerprint density at radius 3 is 3.05 bits per heavy atom. The first-order valence-corrected chi connectivity index (χ1v) is 8.08. The van der Waals surface area contributed by atoms with E-state index in [-0.39, 0.29) is 5.60 Å². The van der Waals surface area contributed by atoms with Crippen LogP contribution < -0.4 is 0 Å². The zero-order valence-corrected chi connectivity index (χ0v) is 13.0. The second-order valence-corrected chi connectivity index (χ2v) is 6.40. The van der Waals surface area contributed by atoms with Gasteiger partial charge in [-0.25, -0.2) is 0 Å². The zero-order valence-electron chi connectivity index (χ0n) is 13.0. The van der Waals surface area contributed by atoms with Crippen LogP contribution >= 0.6 is 0 Å². The highest BCUT2D eigenvalue weighted by Crippen LogP contribution is 2.42. The molecule has 0 N–H and O–H groups in total. The van der Waals surface area contributed by atoms with E-state index < -0.39 is 0 Å². The molecule has 1 unspecified atom stereocenters. The second kappa shape index (κ2) is 6.86. The van der Waals surface area contributed by atoms with Crippen LogP contribution in [-0.4, -0.2) is 48.8 Å². The van der Waals surface area contributed by atoms with Gasteiger partial charge < -0.3 is 14.4 Å². The van der Waals surface area contributed by atoms with E-state index in [2.05, 4.69) is 23.0 Å². The van der Waals surface area contributed by atoms with Crippen molar-refractivity contribution in [3.8, 4) is 0 Å². The molecule has 0 aromatic carbocycles. The molecule has 0 aliphatic carbocycles. The molecule has 1 aromatic heterocycles. The molecule has 0 saturated carbocycles. The van der Waals surface area contributed by atoms with E-state index in [1.807, 2.05) is 12.3 Å². The van der Waals surface area contributed by atoms with E-state index in [0.29, 0.717) is 12.5 Å². The number of rotatable bonds is 5. The van der Waals surface area contributed by atoms with Gasteiger partial charge in [0.05, 0.1) is 12.2 Å². The van der Waals surface area contributed by atoms with Gasteiger partial charge >= 0.3 is 0 Å². The van der Waals surface area contributed by atoms with Gasteiger partial charge in [-0.15, -0.1) is 0 Å². The number of pyridine rings is 1. The molecule has 3 heterocycles. The highest BCUT2D eigenvalue weighted by atomic mass is 16.5. The highest BCUT2D eigenvalue weighted by Gasteiger charge is 2.45. The summed E-state index contributed by atoms with van der Waals surface area (Å²) in [7, 11) is 2.20. The third kappa shape index (κ3) is 3.62. The maximum atomic E-state index is 6.17. The van der Waals surface area contributed by atoms with Gasteiger partial charge in [-0.3, -0.25) is 4.98 Å². The fraction of sp³-hybridized carbons (Fsp3) is 0.706. The van der Waals surface area contributed by atoms with Crippen LogP contribution in [-0.2, 0) is 16.1 Å². The minimum Gasteiger partial charge on any atom is -0.377 e. The molecule has 3 rings (SSSR count). The Bertz CT molecular complexity index is 430. The molecule has 1 atom stereocenters. The van der Waals surface area contributed by atoms with Gasteiger partial charge in [-0.05, 0) is 50.3 Å². The van der Waals surface area contributed by atoms with E-state index in [1.54, 1.807) is 6.20 Å². The van der Waals surface area contributed by atoms with Crippen molar-refractivity contribution in [1.29, 1.82) is 0 Å². The van der Waals surface area contributed by atoms with Crippen LogP contribution in [0.3, 0.4) is 0 Å². The molecule has 2 aliphatic heterocycles. The van der Waals surface area contributed by atoms with Gasteiger partial charge in [0.2, 0.25) is 0 Å². The molecule has 2 fully saturated rings. The molecular formula is C17H26N2O2. The quantitative estimate of drug-likeness (QED) is 0.780. The van der Waals surface area contributed by atoms with Crippen molar-refractivity contribution in [3.05, 3.63) is 30.1 Å². The summed E-state index contributed by atoms with van der Waals surface area (Å²) in [4.78, 5) is 6.52. The third-order valence-electron chi connectivity index (χ3n) is 5.04. The highest BCUT2D eigenvalue weighted by molar-refractivity contribution is 5.06. The van der Waals surface area contributed by atoms with Crippen LogP contribution in [0.15, 0.2) is 24.5 Å². The SMILES string of the molecule is CN1CCC2(CC1)OCCC2CCOCc1cccnc1. The summed E-state index contributed by atoms with van der Waals surface area (Å²) >= 11 is 0. The minimum atomic E-state index is 0.143. The second-order valence-electron chi connectivity index (χ2n) is 6.40. The van der Waals surface area contributed by atoms with Crippen molar-refractivity contribution in [2.75, 3.05) is 33.4 Å². The first-order valence-electron chi connectivity index (χ1n) is 8.08. The van der Waals surface area contributed by atoms with E-state index >= 15 is 0 Å². The number of piperidine rings is 1. The Morgan fingerprint density at radius 1 is 1.43 bits per heavy atom. The van der Waals surface area contributed by atoms with Crippen LogP contribution in [0.1, 0.15) is 31.2 Å². The lowest BCUT2D eigenvalue weighted by molar-refractivity contribution is -0.0687. The van der Waals surface area contributed by atoms with E-state index in [9.17, 15) is 0 Å². The van der Waals surface area contributed by atoms with Crippen LogP contribution in [0.2, 0.25) is 0 Å². The number of nitrogens with zero attached hydrogens (tertiary/aromatic N) is 2. The fourth-order valence-corrected chi connectivity index (χ4v) is 3.64. The van der Waals surface area contributed by atoms with Crippen LogP contribution in [0, 0.1) is 5.92 Å². The summed E-state index contributed by atoms with van der Waals surface area (Å²) in [6.45, 7) is 4.73. The van der Waals surface area contributed by atoms with Gasteiger partial charge in [0.25, 0.3) is 0 Å². The maximum absolute atomic E-state index is 6.17. The van der Waals surface area contributed by atoms with Gasteiger partial charge in [0.1, 0.15) is 0 Å². The van der Waals surface area contributed by atoms with E-state index in [0.717, 1.165) is 38.3 Å². The zero-order chi connectivity index (χ0) is 14.5. The predicted molar refractivity (Wildman–Crippen MR) is 82.0 cm³/mol. The summed E-state index contributed by atoms with van der Waals surface area (Å²) in [5.74, 6) is 0.667. The molecule has 2 aliphatic rings. The Labute approximate surface area is 127 Å². The van der Waals surface area contributed by atoms with Gasteiger partial charge in [-0.2, -0.15) is 0 Å². The summed E-state index contributed by atoms with van der Waals surface area (Å²) < 4.78 is 12.0. The summed E-state index contributed by atoms with van der Waals surface area (Å²) in [5.41, 5.74) is 1.29. The smallest absolute Gasteiger partial charge is 0.0736 e. The lowest BCUT2D eigenvalue weighted by Gasteiger charge is -2.41.